The van der Waals surface area contributed by atoms with Gasteiger partial charge in [0, 0.05) is 11.3 Å². The molecular formula is C17H14FNO4. The Morgan fingerprint density at radius 2 is 1.70 bits per heavy atom. The van der Waals surface area contributed by atoms with E-state index in [1.165, 1.54) is 25.1 Å². The van der Waals surface area contributed by atoms with E-state index in [0.717, 1.165) is 6.07 Å². The molecule has 6 heteroatoms. The first-order valence-electron chi connectivity index (χ1n) is 6.80. The summed E-state index contributed by atoms with van der Waals surface area (Å²) >= 11 is 0. The first kappa shape index (κ1) is 16.4. The molecule has 0 radical (unpaired) electrons. The zero-order valence-corrected chi connectivity index (χ0v) is 12.3. The van der Waals surface area contributed by atoms with Gasteiger partial charge in [-0.1, -0.05) is 12.1 Å². The number of rotatable bonds is 5. The Morgan fingerprint density at radius 1 is 1.04 bits per heavy atom. The van der Waals surface area contributed by atoms with Crippen LogP contribution >= 0.6 is 0 Å². The molecule has 0 saturated carbocycles. The second-order valence-corrected chi connectivity index (χ2v) is 4.74. The minimum absolute atomic E-state index is 0.0818. The predicted molar refractivity (Wildman–Crippen MR) is 81.8 cm³/mol. The van der Waals surface area contributed by atoms with Gasteiger partial charge >= 0.3 is 5.97 Å². The summed E-state index contributed by atoms with van der Waals surface area (Å²) in [4.78, 5) is 34.5. The molecule has 0 fully saturated rings. The second kappa shape index (κ2) is 7.31. The number of amides is 1. The monoisotopic (exact) mass is 315 g/mol. The van der Waals surface area contributed by atoms with E-state index >= 15 is 0 Å². The van der Waals surface area contributed by atoms with Crippen LogP contribution in [0.5, 0.6) is 0 Å². The summed E-state index contributed by atoms with van der Waals surface area (Å²) in [5.41, 5.74) is 0.752. The van der Waals surface area contributed by atoms with Gasteiger partial charge in [0.1, 0.15) is 5.82 Å². The van der Waals surface area contributed by atoms with Crippen molar-refractivity contribution in [2.24, 2.45) is 0 Å². The van der Waals surface area contributed by atoms with Crippen LogP contribution in [0.25, 0.3) is 0 Å². The molecule has 0 spiro atoms. The highest BCUT2D eigenvalue weighted by Crippen LogP contribution is 2.11. The van der Waals surface area contributed by atoms with Crippen molar-refractivity contribution in [3.8, 4) is 0 Å². The van der Waals surface area contributed by atoms with E-state index in [1.54, 1.807) is 24.3 Å². The number of hydrogen-bond donors (Lipinski definition) is 1. The van der Waals surface area contributed by atoms with E-state index in [-0.39, 0.29) is 11.3 Å². The molecule has 2 aromatic carbocycles. The number of benzene rings is 2. The van der Waals surface area contributed by atoms with Crippen LogP contribution in [-0.4, -0.2) is 24.3 Å². The van der Waals surface area contributed by atoms with Gasteiger partial charge in [-0.3, -0.25) is 9.59 Å². The van der Waals surface area contributed by atoms with Crippen molar-refractivity contribution in [1.82, 2.24) is 0 Å². The number of Topliss-reactive ketones (excluding diaryl/α,β-unsaturated/α-hetero) is 1. The minimum atomic E-state index is -0.912. The lowest BCUT2D eigenvalue weighted by molar-refractivity contribution is -0.119. The normalized spacial score (nSPS) is 10.0. The number of halogens is 1. The second-order valence-electron chi connectivity index (χ2n) is 4.74. The molecule has 0 aromatic heterocycles. The van der Waals surface area contributed by atoms with Crippen molar-refractivity contribution in [3.05, 3.63) is 65.5 Å². The molecule has 2 aromatic rings. The SMILES string of the molecule is CC(=O)c1ccc(NC(=O)COC(=O)c2ccccc2F)cc1. The fourth-order valence-electron chi connectivity index (χ4n) is 1.82. The summed E-state index contributed by atoms with van der Waals surface area (Å²) in [6, 6.07) is 11.6. The Labute approximate surface area is 132 Å². The third-order valence-electron chi connectivity index (χ3n) is 3.00. The van der Waals surface area contributed by atoms with Crippen molar-refractivity contribution >= 4 is 23.3 Å². The topological polar surface area (TPSA) is 72.5 Å². The average molecular weight is 315 g/mol. The largest absolute Gasteiger partial charge is 0.452 e. The molecule has 0 bridgehead atoms. The maximum atomic E-state index is 13.4. The number of esters is 1. The van der Waals surface area contributed by atoms with E-state index < -0.39 is 24.3 Å². The standard InChI is InChI=1S/C17H14FNO4/c1-11(20)12-6-8-13(9-7-12)19-16(21)10-23-17(22)14-4-2-3-5-15(14)18/h2-9H,10H2,1H3,(H,19,21). The number of ether oxygens (including phenoxy) is 1. The highest BCUT2D eigenvalue weighted by Gasteiger charge is 2.14. The molecule has 0 unspecified atom stereocenters. The smallest absolute Gasteiger partial charge is 0.341 e. The lowest BCUT2D eigenvalue weighted by Gasteiger charge is -2.07. The van der Waals surface area contributed by atoms with Gasteiger partial charge in [0.15, 0.2) is 12.4 Å². The van der Waals surface area contributed by atoms with Gasteiger partial charge in [-0.2, -0.15) is 0 Å². The van der Waals surface area contributed by atoms with Crippen molar-refractivity contribution in [2.45, 2.75) is 6.92 Å². The molecule has 0 saturated heterocycles. The van der Waals surface area contributed by atoms with Crippen LogP contribution < -0.4 is 5.32 Å². The molecule has 0 heterocycles. The fourth-order valence-corrected chi connectivity index (χ4v) is 1.82. The van der Waals surface area contributed by atoms with E-state index in [4.69, 9.17) is 4.74 Å². The number of hydrogen-bond acceptors (Lipinski definition) is 4. The summed E-state index contributed by atoms with van der Waals surface area (Å²) in [5, 5.41) is 2.51. The Balaban J connectivity index is 1.89. The third kappa shape index (κ3) is 4.47. The molecule has 5 nitrogen and oxygen atoms in total. The molecule has 0 aliphatic heterocycles. The van der Waals surface area contributed by atoms with Crippen LogP contribution in [-0.2, 0) is 9.53 Å². The quantitative estimate of drug-likeness (QED) is 0.680. The number of ketones is 1. The Bertz CT molecular complexity index is 741. The van der Waals surface area contributed by atoms with Gasteiger partial charge in [-0.25, -0.2) is 9.18 Å². The minimum Gasteiger partial charge on any atom is -0.452 e. The van der Waals surface area contributed by atoms with Crippen molar-refractivity contribution in [1.29, 1.82) is 0 Å². The number of carbonyl (C=O) groups is 3. The maximum Gasteiger partial charge on any atom is 0.341 e. The van der Waals surface area contributed by atoms with Crippen LogP contribution in [0, 0.1) is 5.82 Å². The molecule has 2 rings (SSSR count). The highest BCUT2D eigenvalue weighted by molar-refractivity contribution is 5.97. The molecule has 118 valence electrons. The van der Waals surface area contributed by atoms with Crippen LogP contribution in [0.2, 0.25) is 0 Å². The number of nitrogens with one attached hydrogen (secondary N) is 1. The van der Waals surface area contributed by atoms with E-state index in [9.17, 15) is 18.8 Å². The molecule has 1 amide bonds. The van der Waals surface area contributed by atoms with Gasteiger partial charge in [0.05, 0.1) is 5.56 Å². The molecule has 0 aliphatic rings. The Hall–Kier alpha value is -3.02. The molecular weight excluding hydrogens is 301 g/mol. The van der Waals surface area contributed by atoms with Crippen LogP contribution in [0.15, 0.2) is 48.5 Å². The van der Waals surface area contributed by atoms with E-state index in [1.807, 2.05) is 0 Å². The Morgan fingerprint density at radius 3 is 2.30 bits per heavy atom. The average Bonchev–Trinajstić information content (AvgIpc) is 2.53. The fraction of sp³-hybridized carbons (Fsp3) is 0.118. The molecule has 0 atom stereocenters. The molecule has 1 N–H and O–H groups in total. The number of carbonyl (C=O) groups excluding carboxylic acids is 3. The lowest BCUT2D eigenvalue weighted by atomic mass is 10.1. The van der Waals surface area contributed by atoms with Crippen LogP contribution in [0.3, 0.4) is 0 Å². The van der Waals surface area contributed by atoms with Crippen molar-refractivity contribution in [3.63, 3.8) is 0 Å². The summed E-state index contributed by atoms with van der Waals surface area (Å²) < 4.78 is 18.1. The van der Waals surface area contributed by atoms with Crippen molar-refractivity contribution in [2.75, 3.05) is 11.9 Å². The zero-order valence-electron chi connectivity index (χ0n) is 12.3. The van der Waals surface area contributed by atoms with Gasteiger partial charge in [0.25, 0.3) is 5.91 Å². The summed E-state index contributed by atoms with van der Waals surface area (Å²) in [6.07, 6.45) is 0. The van der Waals surface area contributed by atoms with Gasteiger partial charge < -0.3 is 10.1 Å². The van der Waals surface area contributed by atoms with Gasteiger partial charge in [0.2, 0.25) is 0 Å². The summed E-state index contributed by atoms with van der Waals surface area (Å²) in [5.74, 6) is -2.27. The first-order chi connectivity index (χ1) is 11.0. The first-order valence-corrected chi connectivity index (χ1v) is 6.80. The van der Waals surface area contributed by atoms with Gasteiger partial charge in [-0.15, -0.1) is 0 Å². The summed E-state index contributed by atoms with van der Waals surface area (Å²) in [6.45, 7) is 0.900. The van der Waals surface area contributed by atoms with Crippen LogP contribution in [0.1, 0.15) is 27.6 Å². The van der Waals surface area contributed by atoms with E-state index in [0.29, 0.717) is 11.3 Å². The third-order valence-corrected chi connectivity index (χ3v) is 3.00. The van der Waals surface area contributed by atoms with E-state index in [2.05, 4.69) is 5.32 Å². The Kier molecular flexibility index (Phi) is 5.19. The highest BCUT2D eigenvalue weighted by atomic mass is 19.1. The molecule has 0 aliphatic carbocycles. The zero-order chi connectivity index (χ0) is 16.8. The predicted octanol–water partition coefficient (Wildman–Crippen LogP) is 2.82. The summed E-state index contributed by atoms with van der Waals surface area (Å²) in [7, 11) is 0. The van der Waals surface area contributed by atoms with Gasteiger partial charge in [-0.05, 0) is 43.3 Å². The lowest BCUT2D eigenvalue weighted by Crippen LogP contribution is -2.21. The molecule has 23 heavy (non-hydrogen) atoms. The number of anilines is 1. The maximum absolute atomic E-state index is 13.4. The van der Waals surface area contributed by atoms with Crippen LogP contribution in [0.4, 0.5) is 10.1 Å². The van der Waals surface area contributed by atoms with Crippen molar-refractivity contribution < 1.29 is 23.5 Å².